The maximum atomic E-state index is 13.2. The number of hydrogen-bond donors (Lipinski definition) is 3. The number of para-hydroxylation sites is 1. The van der Waals surface area contributed by atoms with Crippen LogP contribution in [0, 0.1) is 0 Å². The van der Waals surface area contributed by atoms with Crippen LogP contribution in [-0.4, -0.2) is 42.9 Å². The molecular formula is C25H26N6O2. The summed E-state index contributed by atoms with van der Waals surface area (Å²) in [5, 5.41) is 21.2. The van der Waals surface area contributed by atoms with Crippen molar-refractivity contribution < 1.29 is 9.90 Å². The zero-order chi connectivity index (χ0) is 22.6. The summed E-state index contributed by atoms with van der Waals surface area (Å²) >= 11 is 0. The molecule has 2 heterocycles. The van der Waals surface area contributed by atoms with Gasteiger partial charge >= 0.3 is 0 Å². The Labute approximate surface area is 191 Å². The van der Waals surface area contributed by atoms with Crippen molar-refractivity contribution >= 4 is 28.6 Å². The van der Waals surface area contributed by atoms with E-state index in [4.69, 9.17) is 0 Å². The molecule has 5 rings (SSSR count). The number of amides is 1. The fourth-order valence-corrected chi connectivity index (χ4v) is 4.22. The number of nitrogens with zero attached hydrogens (tertiary/aromatic N) is 4. The number of carbonyl (C=O) groups is 1. The molecule has 1 saturated carbocycles. The molecular weight excluding hydrogens is 416 g/mol. The highest BCUT2D eigenvalue weighted by Gasteiger charge is 2.20. The van der Waals surface area contributed by atoms with Crippen molar-refractivity contribution in [1.82, 2.24) is 19.7 Å². The van der Waals surface area contributed by atoms with Gasteiger partial charge in [-0.2, -0.15) is 5.10 Å². The molecule has 1 fully saturated rings. The van der Waals surface area contributed by atoms with E-state index in [2.05, 4.69) is 25.7 Å². The van der Waals surface area contributed by atoms with Gasteiger partial charge in [-0.25, -0.2) is 14.6 Å². The zero-order valence-corrected chi connectivity index (χ0v) is 18.2. The summed E-state index contributed by atoms with van der Waals surface area (Å²) < 4.78 is 1.76. The van der Waals surface area contributed by atoms with Crippen molar-refractivity contribution in [2.45, 2.75) is 44.4 Å². The quantitative estimate of drug-likeness (QED) is 0.419. The zero-order valence-electron chi connectivity index (χ0n) is 18.2. The van der Waals surface area contributed by atoms with E-state index in [1.165, 1.54) is 0 Å². The van der Waals surface area contributed by atoms with Gasteiger partial charge in [-0.05, 0) is 37.3 Å². The van der Waals surface area contributed by atoms with Gasteiger partial charge in [0.25, 0.3) is 5.91 Å². The second kappa shape index (κ2) is 9.38. The van der Waals surface area contributed by atoms with Crippen LogP contribution in [0.2, 0.25) is 0 Å². The molecule has 2 aromatic carbocycles. The van der Waals surface area contributed by atoms with Gasteiger partial charge in [-0.3, -0.25) is 4.79 Å². The first-order valence-corrected chi connectivity index (χ1v) is 11.2. The van der Waals surface area contributed by atoms with Gasteiger partial charge in [0.1, 0.15) is 5.82 Å². The van der Waals surface area contributed by atoms with Crippen LogP contribution in [0.4, 0.5) is 11.8 Å². The molecule has 1 aliphatic rings. The Bertz CT molecular complexity index is 1250. The molecule has 1 amide bonds. The van der Waals surface area contributed by atoms with Crippen LogP contribution in [0.3, 0.4) is 0 Å². The van der Waals surface area contributed by atoms with Crippen LogP contribution in [0.5, 0.6) is 0 Å². The van der Waals surface area contributed by atoms with E-state index >= 15 is 0 Å². The summed E-state index contributed by atoms with van der Waals surface area (Å²) in [5.74, 6) is 0.869. The van der Waals surface area contributed by atoms with Gasteiger partial charge in [0, 0.05) is 23.7 Å². The molecule has 1 aliphatic carbocycles. The highest BCUT2D eigenvalue weighted by Crippen LogP contribution is 2.23. The third-order valence-corrected chi connectivity index (χ3v) is 6.02. The van der Waals surface area contributed by atoms with Crippen molar-refractivity contribution in [3.8, 4) is 0 Å². The Morgan fingerprint density at radius 3 is 2.67 bits per heavy atom. The van der Waals surface area contributed by atoms with Crippen LogP contribution in [0.25, 0.3) is 10.9 Å². The topological polar surface area (TPSA) is 105 Å². The molecule has 0 aliphatic heterocycles. The predicted molar refractivity (Wildman–Crippen MR) is 127 cm³/mol. The third kappa shape index (κ3) is 4.85. The molecule has 0 saturated heterocycles. The summed E-state index contributed by atoms with van der Waals surface area (Å²) in [6.07, 6.45) is 6.48. The van der Waals surface area contributed by atoms with Crippen molar-refractivity contribution in [2.75, 3.05) is 10.6 Å². The highest BCUT2D eigenvalue weighted by atomic mass is 16.3. The summed E-state index contributed by atoms with van der Waals surface area (Å²) in [6.45, 7) is 0.561. The van der Waals surface area contributed by atoms with Crippen LogP contribution in [0.1, 0.15) is 41.6 Å². The standard InChI is InChI=1S/C25H26N6O2/c32-20-11-9-19(10-12-20)28-25-26-15-18-7-4-8-21(23(18)30-25)24(33)29-22-13-14-27-31(22)16-17-5-2-1-3-6-17/h1-8,13-15,19-20,32H,9-12,16H2,(H,29,33)(H,26,28,30). The normalized spacial score (nSPS) is 18.2. The number of aromatic nitrogens is 4. The molecule has 33 heavy (non-hydrogen) atoms. The number of fused-ring (bicyclic) bond motifs is 1. The fraction of sp³-hybridized carbons (Fsp3) is 0.280. The molecule has 8 nitrogen and oxygen atoms in total. The minimum Gasteiger partial charge on any atom is -0.393 e. The number of aliphatic hydroxyl groups is 1. The van der Waals surface area contributed by atoms with E-state index < -0.39 is 0 Å². The van der Waals surface area contributed by atoms with Crippen molar-refractivity contribution in [3.05, 3.63) is 78.1 Å². The second-order valence-electron chi connectivity index (χ2n) is 8.40. The maximum absolute atomic E-state index is 13.2. The Hall–Kier alpha value is -3.78. The van der Waals surface area contributed by atoms with Crippen LogP contribution < -0.4 is 10.6 Å². The molecule has 3 N–H and O–H groups in total. The average Bonchev–Trinajstić information content (AvgIpc) is 3.27. The first kappa shape index (κ1) is 21.1. The molecule has 168 valence electrons. The van der Waals surface area contributed by atoms with Gasteiger partial charge in [0.15, 0.2) is 0 Å². The van der Waals surface area contributed by atoms with Gasteiger partial charge in [0.05, 0.1) is 29.9 Å². The number of aliphatic hydroxyl groups excluding tert-OH is 1. The minimum atomic E-state index is -0.249. The Morgan fingerprint density at radius 2 is 1.85 bits per heavy atom. The van der Waals surface area contributed by atoms with Gasteiger partial charge in [0.2, 0.25) is 5.95 Å². The van der Waals surface area contributed by atoms with E-state index in [-0.39, 0.29) is 18.1 Å². The Balaban J connectivity index is 1.36. The lowest BCUT2D eigenvalue weighted by Crippen LogP contribution is -2.29. The Kier molecular flexibility index (Phi) is 5.99. The fourth-order valence-electron chi connectivity index (χ4n) is 4.22. The molecule has 2 aromatic heterocycles. The van der Waals surface area contributed by atoms with Crippen LogP contribution >= 0.6 is 0 Å². The first-order valence-electron chi connectivity index (χ1n) is 11.2. The van der Waals surface area contributed by atoms with E-state index in [0.29, 0.717) is 29.4 Å². The summed E-state index contributed by atoms with van der Waals surface area (Å²) in [4.78, 5) is 22.3. The van der Waals surface area contributed by atoms with Crippen LogP contribution in [0.15, 0.2) is 67.0 Å². The third-order valence-electron chi connectivity index (χ3n) is 6.02. The van der Waals surface area contributed by atoms with Crippen LogP contribution in [-0.2, 0) is 6.54 Å². The van der Waals surface area contributed by atoms with E-state index in [1.807, 2.05) is 42.5 Å². The Morgan fingerprint density at radius 1 is 1.03 bits per heavy atom. The molecule has 0 unspecified atom stereocenters. The number of nitrogens with one attached hydrogen (secondary N) is 2. The lowest BCUT2D eigenvalue weighted by Gasteiger charge is -2.26. The van der Waals surface area contributed by atoms with Gasteiger partial charge < -0.3 is 15.7 Å². The van der Waals surface area contributed by atoms with Crippen molar-refractivity contribution in [3.63, 3.8) is 0 Å². The molecule has 4 aromatic rings. The van der Waals surface area contributed by atoms with E-state index in [9.17, 15) is 9.90 Å². The molecule has 0 atom stereocenters. The monoisotopic (exact) mass is 442 g/mol. The summed E-state index contributed by atoms with van der Waals surface area (Å²) in [6, 6.07) is 17.5. The number of carbonyl (C=O) groups excluding carboxylic acids is 1. The number of anilines is 2. The van der Waals surface area contributed by atoms with Crippen molar-refractivity contribution in [2.24, 2.45) is 0 Å². The van der Waals surface area contributed by atoms with E-state index in [0.717, 1.165) is 36.6 Å². The maximum Gasteiger partial charge on any atom is 0.259 e. The first-order chi connectivity index (χ1) is 16.2. The predicted octanol–water partition coefficient (Wildman–Crippen LogP) is 3.84. The number of hydrogen-bond acceptors (Lipinski definition) is 6. The minimum absolute atomic E-state index is 0.216. The van der Waals surface area contributed by atoms with Crippen molar-refractivity contribution in [1.29, 1.82) is 0 Å². The molecule has 0 spiro atoms. The number of rotatable bonds is 6. The lowest BCUT2D eigenvalue weighted by molar-refractivity contribution is 0.102. The molecule has 0 bridgehead atoms. The SMILES string of the molecule is O=C(Nc1ccnn1Cc1ccccc1)c1cccc2cnc(NC3CCC(O)CC3)nc12. The summed E-state index contributed by atoms with van der Waals surface area (Å²) in [7, 11) is 0. The lowest BCUT2D eigenvalue weighted by atomic mass is 9.93. The largest absolute Gasteiger partial charge is 0.393 e. The second-order valence-corrected chi connectivity index (χ2v) is 8.40. The molecule has 8 heteroatoms. The average molecular weight is 443 g/mol. The van der Waals surface area contributed by atoms with E-state index in [1.54, 1.807) is 29.2 Å². The van der Waals surface area contributed by atoms with Gasteiger partial charge in [-0.1, -0.05) is 42.5 Å². The number of benzene rings is 2. The summed E-state index contributed by atoms with van der Waals surface area (Å²) in [5.41, 5.74) is 2.17. The highest BCUT2D eigenvalue weighted by molar-refractivity contribution is 6.11. The van der Waals surface area contributed by atoms with Gasteiger partial charge in [-0.15, -0.1) is 0 Å². The molecule has 0 radical (unpaired) electrons. The smallest absolute Gasteiger partial charge is 0.259 e.